The number of nitrogens with zero attached hydrogens (tertiary/aromatic N) is 1. The van der Waals surface area contributed by atoms with Crippen molar-refractivity contribution in [2.75, 3.05) is 13.1 Å². The van der Waals surface area contributed by atoms with E-state index in [1.165, 1.54) is 18.2 Å². The number of aromatic hydroxyl groups is 2. The lowest BCUT2D eigenvalue weighted by atomic mass is 10.0. The van der Waals surface area contributed by atoms with Crippen LogP contribution in [0, 0.1) is 0 Å². The van der Waals surface area contributed by atoms with Crippen LogP contribution in [0.2, 0.25) is 0 Å². The van der Waals surface area contributed by atoms with Crippen molar-refractivity contribution < 1.29 is 23.4 Å². The second kappa shape index (κ2) is 5.72. The van der Waals surface area contributed by atoms with Crippen LogP contribution < -0.4 is 5.63 Å². The summed E-state index contributed by atoms with van der Waals surface area (Å²) in [6.45, 7) is 1.19. The largest absolute Gasteiger partial charge is 0.508 e. The van der Waals surface area contributed by atoms with Crippen LogP contribution in [-0.4, -0.2) is 34.4 Å². The van der Waals surface area contributed by atoms with E-state index in [0.29, 0.717) is 53.6 Å². The van der Waals surface area contributed by atoms with Gasteiger partial charge in [-0.2, -0.15) is 0 Å². The standard InChI is InChI=1S/C20H16FNO5/c21-10-5-6-22(8-10)9-13-14(24)3-4-15-17(13)18-19(26-15)12-2-1-11(23)7-16(12)27-20(18)25/h1-4,7,10,23-24H,5-6,8-9H2/t10-/m1/s1. The van der Waals surface area contributed by atoms with Crippen molar-refractivity contribution in [3.8, 4) is 11.5 Å². The summed E-state index contributed by atoms with van der Waals surface area (Å²) >= 11 is 0. The van der Waals surface area contributed by atoms with Gasteiger partial charge in [-0.3, -0.25) is 4.90 Å². The molecule has 0 spiro atoms. The Morgan fingerprint density at radius 1 is 1.11 bits per heavy atom. The fourth-order valence-corrected chi connectivity index (χ4v) is 3.88. The molecule has 2 aromatic heterocycles. The van der Waals surface area contributed by atoms with Crippen LogP contribution in [0.3, 0.4) is 0 Å². The van der Waals surface area contributed by atoms with E-state index in [2.05, 4.69) is 0 Å². The zero-order valence-electron chi connectivity index (χ0n) is 14.2. The molecule has 0 aliphatic carbocycles. The molecule has 0 bridgehead atoms. The number of phenols is 2. The Hall–Kier alpha value is -3.06. The SMILES string of the molecule is O=c1oc2cc(O)ccc2c2oc3ccc(O)c(CN4CC[C@@H](F)C4)c3c12. The van der Waals surface area contributed by atoms with E-state index in [1.807, 2.05) is 4.90 Å². The summed E-state index contributed by atoms with van der Waals surface area (Å²) in [5, 5.41) is 21.3. The molecular formula is C20H16FNO5. The average molecular weight is 369 g/mol. The lowest BCUT2D eigenvalue weighted by molar-refractivity contribution is 0.280. The molecule has 138 valence electrons. The Balaban J connectivity index is 1.81. The van der Waals surface area contributed by atoms with E-state index in [0.717, 1.165) is 0 Å². The normalized spacial score (nSPS) is 18.2. The fraction of sp³-hybridized carbons (Fsp3) is 0.250. The molecule has 1 aliphatic rings. The summed E-state index contributed by atoms with van der Waals surface area (Å²) < 4.78 is 24.8. The van der Waals surface area contributed by atoms with Gasteiger partial charge in [0, 0.05) is 36.7 Å². The van der Waals surface area contributed by atoms with Gasteiger partial charge in [0.1, 0.15) is 34.2 Å². The van der Waals surface area contributed by atoms with Gasteiger partial charge in [-0.15, -0.1) is 0 Å². The highest BCUT2D eigenvalue weighted by Crippen LogP contribution is 2.38. The molecule has 0 amide bonds. The van der Waals surface area contributed by atoms with Crippen LogP contribution in [0.5, 0.6) is 11.5 Å². The first kappa shape index (κ1) is 16.1. The van der Waals surface area contributed by atoms with Gasteiger partial charge in [0.05, 0.1) is 5.39 Å². The number of hydrogen-bond acceptors (Lipinski definition) is 6. The fourth-order valence-electron chi connectivity index (χ4n) is 3.88. The first-order valence-corrected chi connectivity index (χ1v) is 8.70. The summed E-state index contributed by atoms with van der Waals surface area (Å²) in [4.78, 5) is 14.6. The summed E-state index contributed by atoms with van der Waals surface area (Å²) in [6.07, 6.45) is -0.423. The zero-order chi connectivity index (χ0) is 18.7. The van der Waals surface area contributed by atoms with Gasteiger partial charge < -0.3 is 19.0 Å². The molecular weight excluding hydrogens is 353 g/mol. The summed E-state index contributed by atoms with van der Waals surface area (Å²) in [5.41, 5.74) is 0.913. The molecule has 0 saturated carbocycles. The van der Waals surface area contributed by atoms with Crippen molar-refractivity contribution in [2.24, 2.45) is 0 Å². The van der Waals surface area contributed by atoms with Crippen LogP contribution in [0.4, 0.5) is 4.39 Å². The predicted octanol–water partition coefficient (Wildman–Crippen LogP) is 3.65. The van der Waals surface area contributed by atoms with Gasteiger partial charge in [-0.05, 0) is 30.7 Å². The molecule has 1 aliphatic heterocycles. The van der Waals surface area contributed by atoms with Crippen LogP contribution in [0.25, 0.3) is 32.9 Å². The third-order valence-electron chi connectivity index (χ3n) is 5.15. The van der Waals surface area contributed by atoms with E-state index < -0.39 is 11.8 Å². The molecule has 6 nitrogen and oxygen atoms in total. The Kier molecular flexibility index (Phi) is 3.42. The number of hydrogen-bond donors (Lipinski definition) is 2. The first-order valence-electron chi connectivity index (χ1n) is 8.70. The number of halogens is 1. The number of benzene rings is 2. The minimum atomic E-state index is -0.880. The molecule has 3 heterocycles. The second-order valence-corrected chi connectivity index (χ2v) is 6.93. The van der Waals surface area contributed by atoms with Gasteiger partial charge in [0.25, 0.3) is 0 Å². The molecule has 7 heteroatoms. The minimum absolute atomic E-state index is 0.0192. The van der Waals surface area contributed by atoms with Crippen molar-refractivity contribution in [1.29, 1.82) is 0 Å². The maximum absolute atomic E-state index is 13.5. The highest BCUT2D eigenvalue weighted by molar-refractivity contribution is 6.14. The molecule has 4 aromatic rings. The predicted molar refractivity (Wildman–Crippen MR) is 97.9 cm³/mol. The van der Waals surface area contributed by atoms with Crippen molar-refractivity contribution in [3.05, 3.63) is 46.3 Å². The Morgan fingerprint density at radius 2 is 1.96 bits per heavy atom. The number of furan rings is 1. The van der Waals surface area contributed by atoms with Gasteiger partial charge in [0.2, 0.25) is 0 Å². The smallest absolute Gasteiger partial charge is 0.348 e. The number of rotatable bonds is 2. The van der Waals surface area contributed by atoms with Crippen LogP contribution in [-0.2, 0) is 6.54 Å². The minimum Gasteiger partial charge on any atom is -0.508 e. The van der Waals surface area contributed by atoms with E-state index in [-0.39, 0.29) is 22.5 Å². The molecule has 27 heavy (non-hydrogen) atoms. The van der Waals surface area contributed by atoms with E-state index in [1.54, 1.807) is 12.1 Å². The lowest BCUT2D eigenvalue weighted by Crippen LogP contribution is -2.20. The van der Waals surface area contributed by atoms with E-state index in [9.17, 15) is 19.4 Å². The third-order valence-corrected chi connectivity index (χ3v) is 5.15. The van der Waals surface area contributed by atoms with Gasteiger partial charge in [0.15, 0.2) is 5.58 Å². The summed E-state index contributed by atoms with van der Waals surface area (Å²) in [6, 6.07) is 7.57. The van der Waals surface area contributed by atoms with Gasteiger partial charge in [-0.25, -0.2) is 9.18 Å². The topological polar surface area (TPSA) is 87.0 Å². The monoisotopic (exact) mass is 369 g/mol. The molecule has 2 aromatic carbocycles. The van der Waals surface area contributed by atoms with Crippen molar-refractivity contribution in [1.82, 2.24) is 4.90 Å². The number of alkyl halides is 1. The summed E-state index contributed by atoms with van der Waals surface area (Å²) in [7, 11) is 0. The molecule has 5 rings (SSSR count). The van der Waals surface area contributed by atoms with Gasteiger partial charge >= 0.3 is 5.63 Å². The zero-order valence-corrected chi connectivity index (χ0v) is 14.2. The van der Waals surface area contributed by atoms with Crippen LogP contribution in [0.1, 0.15) is 12.0 Å². The molecule has 1 fully saturated rings. The van der Waals surface area contributed by atoms with Crippen LogP contribution >= 0.6 is 0 Å². The number of fused-ring (bicyclic) bond motifs is 5. The first-order chi connectivity index (χ1) is 13.0. The van der Waals surface area contributed by atoms with Gasteiger partial charge in [-0.1, -0.05) is 0 Å². The van der Waals surface area contributed by atoms with Crippen molar-refractivity contribution >= 4 is 32.9 Å². The number of likely N-dealkylation sites (tertiary alicyclic amines) is 1. The quantitative estimate of drug-likeness (QED) is 0.525. The Bertz CT molecular complexity index is 1260. The molecule has 2 N–H and O–H groups in total. The lowest BCUT2D eigenvalue weighted by Gasteiger charge is -2.16. The Morgan fingerprint density at radius 3 is 2.74 bits per heavy atom. The number of phenolic OH excluding ortho intramolecular Hbond substituents is 2. The highest BCUT2D eigenvalue weighted by Gasteiger charge is 2.26. The highest BCUT2D eigenvalue weighted by atomic mass is 19.1. The maximum Gasteiger partial charge on any atom is 0.348 e. The Labute approximate surface area is 152 Å². The van der Waals surface area contributed by atoms with E-state index in [4.69, 9.17) is 8.83 Å². The van der Waals surface area contributed by atoms with Crippen molar-refractivity contribution in [2.45, 2.75) is 19.1 Å². The summed E-state index contributed by atoms with van der Waals surface area (Å²) in [5.74, 6) is 0.00645. The molecule has 0 unspecified atom stereocenters. The maximum atomic E-state index is 13.5. The molecule has 1 saturated heterocycles. The van der Waals surface area contributed by atoms with E-state index >= 15 is 0 Å². The van der Waals surface area contributed by atoms with Crippen molar-refractivity contribution in [3.63, 3.8) is 0 Å². The molecule has 0 radical (unpaired) electrons. The molecule has 1 atom stereocenters. The van der Waals surface area contributed by atoms with Crippen LogP contribution in [0.15, 0.2) is 44.0 Å². The second-order valence-electron chi connectivity index (χ2n) is 6.93. The average Bonchev–Trinajstić information content (AvgIpc) is 3.21. The third kappa shape index (κ3) is 2.46.